The van der Waals surface area contributed by atoms with E-state index in [1.807, 2.05) is 31.2 Å². The molecule has 0 aliphatic heterocycles. The van der Waals surface area contributed by atoms with E-state index in [2.05, 4.69) is 27.0 Å². The van der Waals surface area contributed by atoms with Crippen LogP contribution in [0.2, 0.25) is 0 Å². The lowest BCUT2D eigenvalue weighted by Gasteiger charge is -2.01. The van der Waals surface area contributed by atoms with Crippen molar-refractivity contribution in [3.63, 3.8) is 0 Å². The van der Waals surface area contributed by atoms with Gasteiger partial charge in [-0.25, -0.2) is 4.98 Å². The highest BCUT2D eigenvalue weighted by Crippen LogP contribution is 2.20. The molecular formula is C13H13N3OS. The van der Waals surface area contributed by atoms with Crippen LogP contribution in [0.5, 0.6) is 0 Å². The first kappa shape index (κ1) is 12.7. The Labute approximate surface area is 110 Å². The standard InChI is InChI=1S/C13H13N3OS/c1-10-14-13(16-15-10)18-9-12-6-3-2-5-11(12)7-4-8-17/h2-3,5-6,17H,8-9H2,1H3,(H,14,15,16). The number of benzene rings is 1. The number of hydrogen-bond donors (Lipinski definition) is 2. The van der Waals surface area contributed by atoms with Crippen molar-refractivity contribution in [2.75, 3.05) is 6.61 Å². The van der Waals surface area contributed by atoms with Crippen LogP contribution in [0.3, 0.4) is 0 Å². The van der Waals surface area contributed by atoms with Gasteiger partial charge < -0.3 is 5.11 Å². The van der Waals surface area contributed by atoms with Crippen LogP contribution in [0, 0.1) is 18.8 Å². The Morgan fingerprint density at radius 1 is 1.39 bits per heavy atom. The molecule has 1 aromatic carbocycles. The lowest BCUT2D eigenvalue weighted by atomic mass is 10.1. The first-order valence-corrected chi connectivity index (χ1v) is 6.47. The average molecular weight is 259 g/mol. The molecule has 2 rings (SSSR count). The highest BCUT2D eigenvalue weighted by atomic mass is 32.2. The minimum atomic E-state index is -0.123. The summed E-state index contributed by atoms with van der Waals surface area (Å²) in [4.78, 5) is 4.24. The summed E-state index contributed by atoms with van der Waals surface area (Å²) in [6.45, 7) is 1.75. The zero-order chi connectivity index (χ0) is 12.8. The number of aromatic amines is 1. The molecule has 18 heavy (non-hydrogen) atoms. The second kappa shape index (κ2) is 6.24. The number of H-pyrrole nitrogens is 1. The van der Waals surface area contributed by atoms with Crippen LogP contribution < -0.4 is 0 Å². The number of aromatic nitrogens is 3. The Bertz CT molecular complexity index is 583. The van der Waals surface area contributed by atoms with Crippen molar-refractivity contribution in [3.8, 4) is 11.8 Å². The van der Waals surface area contributed by atoms with Gasteiger partial charge in [0, 0.05) is 11.3 Å². The predicted octanol–water partition coefficient (Wildman–Crippen LogP) is 1.75. The molecule has 5 heteroatoms. The summed E-state index contributed by atoms with van der Waals surface area (Å²) < 4.78 is 0. The molecular weight excluding hydrogens is 246 g/mol. The quantitative estimate of drug-likeness (QED) is 0.651. The Morgan fingerprint density at radius 3 is 2.94 bits per heavy atom. The van der Waals surface area contributed by atoms with Crippen molar-refractivity contribution >= 4 is 11.8 Å². The zero-order valence-corrected chi connectivity index (χ0v) is 10.8. The molecule has 0 fully saturated rings. The van der Waals surface area contributed by atoms with Crippen molar-refractivity contribution in [2.45, 2.75) is 17.8 Å². The van der Waals surface area contributed by atoms with E-state index >= 15 is 0 Å². The monoisotopic (exact) mass is 259 g/mol. The smallest absolute Gasteiger partial charge is 0.208 e. The molecule has 0 unspecified atom stereocenters. The Kier molecular flexibility index (Phi) is 4.40. The van der Waals surface area contributed by atoms with E-state index in [1.54, 1.807) is 11.8 Å². The van der Waals surface area contributed by atoms with Gasteiger partial charge in [0.25, 0.3) is 0 Å². The fourth-order valence-electron chi connectivity index (χ4n) is 1.43. The van der Waals surface area contributed by atoms with Gasteiger partial charge in [-0.2, -0.15) is 0 Å². The lowest BCUT2D eigenvalue weighted by molar-refractivity contribution is 0.350. The summed E-state index contributed by atoms with van der Waals surface area (Å²) >= 11 is 1.56. The van der Waals surface area contributed by atoms with Gasteiger partial charge in [0.05, 0.1) is 0 Å². The molecule has 0 spiro atoms. The molecule has 1 aromatic heterocycles. The minimum absolute atomic E-state index is 0.123. The molecule has 2 aromatic rings. The molecule has 0 saturated carbocycles. The first-order valence-electron chi connectivity index (χ1n) is 5.49. The van der Waals surface area contributed by atoms with Crippen LogP contribution in [-0.2, 0) is 5.75 Å². The predicted molar refractivity (Wildman–Crippen MR) is 71.1 cm³/mol. The van der Waals surface area contributed by atoms with Gasteiger partial charge in [-0.3, -0.25) is 5.10 Å². The van der Waals surface area contributed by atoms with Gasteiger partial charge in [0.15, 0.2) is 0 Å². The Balaban J connectivity index is 2.09. The van der Waals surface area contributed by atoms with Gasteiger partial charge in [0.1, 0.15) is 12.4 Å². The molecule has 0 amide bonds. The van der Waals surface area contributed by atoms with Crippen LogP contribution >= 0.6 is 11.8 Å². The molecule has 2 N–H and O–H groups in total. The number of aliphatic hydroxyl groups excluding tert-OH is 1. The third-order valence-corrected chi connectivity index (χ3v) is 3.15. The number of nitrogens with one attached hydrogen (secondary N) is 1. The molecule has 0 aliphatic carbocycles. The summed E-state index contributed by atoms with van der Waals surface area (Å²) in [5.41, 5.74) is 2.05. The van der Waals surface area contributed by atoms with Crippen molar-refractivity contribution in [3.05, 3.63) is 41.2 Å². The lowest BCUT2D eigenvalue weighted by Crippen LogP contribution is -1.88. The highest BCUT2D eigenvalue weighted by molar-refractivity contribution is 7.98. The van der Waals surface area contributed by atoms with Crippen LogP contribution in [-0.4, -0.2) is 26.9 Å². The Hall–Kier alpha value is -1.77. The van der Waals surface area contributed by atoms with Crippen LogP contribution in [0.15, 0.2) is 29.4 Å². The number of nitrogens with zero attached hydrogens (tertiary/aromatic N) is 2. The largest absolute Gasteiger partial charge is 0.384 e. The molecule has 4 nitrogen and oxygen atoms in total. The SMILES string of the molecule is Cc1nc(SCc2ccccc2C#CCO)n[nH]1. The van der Waals surface area contributed by atoms with Crippen molar-refractivity contribution in [1.29, 1.82) is 0 Å². The van der Waals surface area contributed by atoms with Gasteiger partial charge in [-0.1, -0.05) is 41.8 Å². The van der Waals surface area contributed by atoms with Crippen molar-refractivity contribution < 1.29 is 5.11 Å². The maximum absolute atomic E-state index is 8.73. The highest BCUT2D eigenvalue weighted by Gasteiger charge is 2.04. The zero-order valence-electron chi connectivity index (χ0n) is 9.97. The molecule has 0 bridgehead atoms. The van der Waals surface area contributed by atoms with E-state index in [0.29, 0.717) is 0 Å². The molecule has 0 atom stereocenters. The van der Waals surface area contributed by atoms with E-state index in [4.69, 9.17) is 5.11 Å². The van der Waals surface area contributed by atoms with Crippen LogP contribution in [0.1, 0.15) is 17.0 Å². The number of thioether (sulfide) groups is 1. The molecule has 1 heterocycles. The summed E-state index contributed by atoms with van der Waals surface area (Å²) in [7, 11) is 0. The maximum Gasteiger partial charge on any atom is 0.208 e. The van der Waals surface area contributed by atoms with E-state index < -0.39 is 0 Å². The molecule has 92 valence electrons. The minimum Gasteiger partial charge on any atom is -0.384 e. The maximum atomic E-state index is 8.73. The molecule has 0 radical (unpaired) electrons. The summed E-state index contributed by atoms with van der Waals surface area (Å²) in [5, 5.41) is 16.3. The van der Waals surface area contributed by atoms with Crippen molar-refractivity contribution in [2.24, 2.45) is 0 Å². The normalized spacial score (nSPS) is 9.89. The number of aryl methyl sites for hydroxylation is 1. The molecule has 0 saturated heterocycles. The number of aliphatic hydroxyl groups is 1. The summed E-state index contributed by atoms with van der Waals surface area (Å²) in [6, 6.07) is 7.88. The number of rotatable bonds is 3. The fourth-order valence-corrected chi connectivity index (χ4v) is 2.28. The summed E-state index contributed by atoms with van der Waals surface area (Å²) in [6.07, 6.45) is 0. The van der Waals surface area contributed by atoms with Crippen LogP contribution in [0.25, 0.3) is 0 Å². The van der Waals surface area contributed by atoms with E-state index in [9.17, 15) is 0 Å². The topological polar surface area (TPSA) is 61.8 Å². The van der Waals surface area contributed by atoms with E-state index in [0.717, 1.165) is 27.9 Å². The van der Waals surface area contributed by atoms with Crippen LogP contribution in [0.4, 0.5) is 0 Å². The van der Waals surface area contributed by atoms with E-state index in [1.165, 1.54) is 0 Å². The molecule has 0 aliphatic rings. The third kappa shape index (κ3) is 3.36. The second-order valence-corrected chi connectivity index (χ2v) is 4.55. The van der Waals surface area contributed by atoms with Gasteiger partial charge >= 0.3 is 0 Å². The fraction of sp³-hybridized carbons (Fsp3) is 0.231. The first-order chi connectivity index (χ1) is 8.79. The number of hydrogen-bond acceptors (Lipinski definition) is 4. The Morgan fingerprint density at radius 2 is 2.22 bits per heavy atom. The average Bonchev–Trinajstić information content (AvgIpc) is 2.81. The van der Waals surface area contributed by atoms with Gasteiger partial charge in [0.2, 0.25) is 5.16 Å². The third-order valence-electron chi connectivity index (χ3n) is 2.25. The van der Waals surface area contributed by atoms with Crippen molar-refractivity contribution in [1.82, 2.24) is 15.2 Å². The van der Waals surface area contributed by atoms with E-state index in [-0.39, 0.29) is 6.61 Å². The second-order valence-electron chi connectivity index (χ2n) is 3.61. The summed E-state index contributed by atoms with van der Waals surface area (Å²) in [5.74, 6) is 7.18. The van der Waals surface area contributed by atoms with Gasteiger partial charge in [-0.15, -0.1) is 5.10 Å². The van der Waals surface area contributed by atoms with Gasteiger partial charge in [-0.05, 0) is 18.6 Å².